The zero-order valence-corrected chi connectivity index (χ0v) is 13.4. The summed E-state index contributed by atoms with van der Waals surface area (Å²) in [7, 11) is 1.30. The fraction of sp³-hybridized carbons (Fsp3) is 0.125. The van der Waals surface area contributed by atoms with E-state index in [1.165, 1.54) is 49.6 Å². The molecule has 26 heavy (non-hydrogen) atoms. The van der Waals surface area contributed by atoms with Crippen molar-refractivity contribution in [2.24, 2.45) is 5.10 Å². The smallest absolute Gasteiger partial charge is 0.387 e. The molecule has 0 saturated carbocycles. The third-order valence-electron chi connectivity index (χ3n) is 3.15. The number of amides is 1. The van der Waals surface area contributed by atoms with Crippen LogP contribution < -0.4 is 14.9 Å². The third-order valence-corrected chi connectivity index (χ3v) is 3.15. The van der Waals surface area contributed by atoms with Crippen LogP contribution in [0.2, 0.25) is 0 Å². The molecule has 8 nitrogen and oxygen atoms in total. The molecule has 1 N–H and O–H groups in total. The van der Waals surface area contributed by atoms with Crippen LogP contribution in [0.4, 0.5) is 14.5 Å². The maximum atomic E-state index is 12.5. The van der Waals surface area contributed by atoms with Gasteiger partial charge in [-0.25, -0.2) is 5.43 Å². The van der Waals surface area contributed by atoms with E-state index < -0.39 is 17.4 Å². The number of halogens is 2. The molecule has 0 heterocycles. The first-order chi connectivity index (χ1) is 12.4. The minimum Gasteiger partial charge on any atom is -0.493 e. The van der Waals surface area contributed by atoms with Gasteiger partial charge in [-0.1, -0.05) is 6.07 Å². The highest BCUT2D eigenvalue weighted by molar-refractivity contribution is 5.95. The fourth-order valence-electron chi connectivity index (χ4n) is 1.97. The molecule has 0 radical (unpaired) electrons. The standard InChI is InChI=1S/C16H13F2N3O5/c1-25-13-4-2-3-11(14(13)26-16(17)18)9-19-20-15(22)10-5-7-12(8-6-10)21(23)24/h2-9,16H,1H3,(H,20,22)/b19-9-. The van der Waals surface area contributed by atoms with Gasteiger partial charge in [0.25, 0.3) is 11.6 Å². The van der Waals surface area contributed by atoms with Gasteiger partial charge in [0, 0.05) is 23.3 Å². The first-order valence-corrected chi connectivity index (χ1v) is 7.12. The minimum atomic E-state index is -3.06. The van der Waals surface area contributed by atoms with Gasteiger partial charge in [0.15, 0.2) is 11.5 Å². The molecule has 10 heteroatoms. The van der Waals surface area contributed by atoms with E-state index in [2.05, 4.69) is 15.3 Å². The molecule has 0 atom stereocenters. The number of hydrogen-bond donors (Lipinski definition) is 1. The fourth-order valence-corrected chi connectivity index (χ4v) is 1.97. The number of non-ortho nitro benzene ring substituents is 1. The van der Waals surface area contributed by atoms with Crippen molar-refractivity contribution in [1.82, 2.24) is 5.43 Å². The summed E-state index contributed by atoms with van der Waals surface area (Å²) in [4.78, 5) is 21.9. The van der Waals surface area contributed by atoms with Crippen molar-refractivity contribution in [3.63, 3.8) is 0 Å². The summed E-state index contributed by atoms with van der Waals surface area (Å²) >= 11 is 0. The molecule has 0 aliphatic heterocycles. The average Bonchev–Trinajstić information content (AvgIpc) is 2.62. The van der Waals surface area contributed by atoms with Crippen LogP contribution in [0.25, 0.3) is 0 Å². The first kappa shape index (κ1) is 18.8. The Bertz CT molecular complexity index is 825. The Balaban J connectivity index is 2.12. The van der Waals surface area contributed by atoms with Crippen molar-refractivity contribution in [1.29, 1.82) is 0 Å². The lowest BCUT2D eigenvalue weighted by atomic mass is 10.2. The van der Waals surface area contributed by atoms with Crippen LogP contribution >= 0.6 is 0 Å². The van der Waals surface area contributed by atoms with E-state index in [9.17, 15) is 23.7 Å². The number of benzene rings is 2. The molecular weight excluding hydrogens is 352 g/mol. The first-order valence-electron chi connectivity index (χ1n) is 7.12. The minimum absolute atomic E-state index is 0.0796. The van der Waals surface area contributed by atoms with E-state index in [0.717, 1.165) is 6.21 Å². The zero-order chi connectivity index (χ0) is 19.1. The van der Waals surface area contributed by atoms with Gasteiger partial charge in [-0.15, -0.1) is 0 Å². The lowest BCUT2D eigenvalue weighted by molar-refractivity contribution is -0.384. The number of carbonyl (C=O) groups excluding carboxylic acids is 1. The van der Waals surface area contributed by atoms with Gasteiger partial charge in [0.05, 0.1) is 18.2 Å². The number of ether oxygens (including phenoxy) is 2. The van der Waals surface area contributed by atoms with E-state index >= 15 is 0 Å². The monoisotopic (exact) mass is 365 g/mol. The number of nitrogens with one attached hydrogen (secondary N) is 1. The second-order valence-corrected chi connectivity index (χ2v) is 4.76. The average molecular weight is 365 g/mol. The van der Waals surface area contributed by atoms with Crippen molar-refractivity contribution in [3.05, 3.63) is 63.7 Å². The Morgan fingerprint density at radius 2 is 1.96 bits per heavy atom. The van der Waals surface area contributed by atoms with Gasteiger partial charge in [0.1, 0.15) is 0 Å². The maximum Gasteiger partial charge on any atom is 0.387 e. The normalized spacial score (nSPS) is 10.8. The molecule has 0 unspecified atom stereocenters. The van der Waals surface area contributed by atoms with Gasteiger partial charge >= 0.3 is 6.61 Å². The van der Waals surface area contributed by atoms with E-state index in [1.807, 2.05) is 0 Å². The highest BCUT2D eigenvalue weighted by Crippen LogP contribution is 2.31. The van der Waals surface area contributed by atoms with Crippen molar-refractivity contribution >= 4 is 17.8 Å². The third kappa shape index (κ3) is 4.72. The molecule has 0 fully saturated rings. The summed E-state index contributed by atoms with van der Waals surface area (Å²) in [6, 6.07) is 9.30. The van der Waals surface area contributed by atoms with Gasteiger partial charge in [-0.3, -0.25) is 14.9 Å². The predicted molar refractivity (Wildman–Crippen MR) is 87.8 cm³/mol. The summed E-state index contributed by atoms with van der Waals surface area (Å²) in [5, 5.41) is 14.3. The summed E-state index contributed by atoms with van der Waals surface area (Å²) in [5.74, 6) is -0.773. The molecule has 0 aromatic heterocycles. The Labute approximate surface area is 146 Å². The summed E-state index contributed by atoms with van der Waals surface area (Å²) in [6.45, 7) is -3.06. The van der Waals surface area contributed by atoms with E-state index in [4.69, 9.17) is 4.74 Å². The van der Waals surface area contributed by atoms with E-state index in [-0.39, 0.29) is 28.3 Å². The molecule has 2 aromatic rings. The molecule has 0 bridgehead atoms. The number of rotatable bonds is 7. The van der Waals surface area contributed by atoms with Crippen LogP contribution in [0.15, 0.2) is 47.6 Å². The number of hydrogen-bond acceptors (Lipinski definition) is 6. The van der Waals surface area contributed by atoms with Crippen molar-refractivity contribution < 1.29 is 28.0 Å². The topological polar surface area (TPSA) is 103 Å². The molecule has 2 aromatic carbocycles. The summed E-state index contributed by atoms with van der Waals surface area (Å²) < 4.78 is 34.4. The van der Waals surface area contributed by atoms with Gasteiger partial charge in [-0.2, -0.15) is 13.9 Å². The van der Waals surface area contributed by atoms with E-state index in [0.29, 0.717) is 0 Å². The Hall–Kier alpha value is -3.56. The molecule has 0 saturated heterocycles. The van der Waals surface area contributed by atoms with Crippen molar-refractivity contribution in [3.8, 4) is 11.5 Å². The van der Waals surface area contributed by atoms with Crippen LogP contribution in [-0.2, 0) is 0 Å². The molecule has 0 aliphatic carbocycles. The second-order valence-electron chi connectivity index (χ2n) is 4.76. The summed E-state index contributed by atoms with van der Waals surface area (Å²) in [6.07, 6.45) is 1.11. The molecular formula is C16H13F2N3O5. The van der Waals surface area contributed by atoms with Crippen LogP contribution in [-0.4, -0.2) is 30.8 Å². The largest absolute Gasteiger partial charge is 0.493 e. The van der Waals surface area contributed by atoms with Gasteiger partial charge in [-0.05, 0) is 24.3 Å². The van der Waals surface area contributed by atoms with Crippen LogP contribution in [0.3, 0.4) is 0 Å². The Morgan fingerprint density at radius 3 is 2.54 bits per heavy atom. The summed E-state index contributed by atoms with van der Waals surface area (Å²) in [5.41, 5.74) is 2.34. The molecule has 136 valence electrons. The highest BCUT2D eigenvalue weighted by atomic mass is 19.3. The lowest BCUT2D eigenvalue weighted by Gasteiger charge is -2.11. The number of carbonyl (C=O) groups is 1. The SMILES string of the molecule is COc1cccc(/C=N\NC(=O)c2ccc([N+](=O)[O-])cc2)c1OC(F)F. The quantitative estimate of drug-likeness (QED) is 0.462. The zero-order valence-electron chi connectivity index (χ0n) is 13.4. The van der Waals surface area contributed by atoms with Gasteiger partial charge < -0.3 is 9.47 Å². The number of para-hydroxylation sites is 1. The van der Waals surface area contributed by atoms with E-state index in [1.54, 1.807) is 0 Å². The second kappa shape index (κ2) is 8.51. The number of hydrazone groups is 1. The van der Waals surface area contributed by atoms with Crippen LogP contribution in [0.5, 0.6) is 11.5 Å². The predicted octanol–water partition coefficient (Wildman–Crippen LogP) is 2.97. The van der Waals surface area contributed by atoms with Crippen molar-refractivity contribution in [2.45, 2.75) is 6.61 Å². The number of alkyl halides is 2. The maximum absolute atomic E-state index is 12.5. The molecule has 2 rings (SSSR count). The number of methoxy groups -OCH3 is 1. The number of nitrogens with zero attached hydrogens (tertiary/aromatic N) is 2. The van der Waals surface area contributed by atoms with Crippen LogP contribution in [0.1, 0.15) is 15.9 Å². The molecule has 1 amide bonds. The molecule has 0 aliphatic rings. The van der Waals surface area contributed by atoms with Crippen molar-refractivity contribution in [2.75, 3.05) is 7.11 Å². The molecule has 0 spiro atoms. The Kier molecular flexibility index (Phi) is 6.15. The van der Waals surface area contributed by atoms with Gasteiger partial charge in [0.2, 0.25) is 0 Å². The van der Waals surface area contributed by atoms with Crippen LogP contribution in [0, 0.1) is 10.1 Å². The Morgan fingerprint density at radius 1 is 1.27 bits per heavy atom. The highest BCUT2D eigenvalue weighted by Gasteiger charge is 2.14. The lowest BCUT2D eigenvalue weighted by Crippen LogP contribution is -2.17. The number of nitro groups is 1. The number of nitro benzene ring substituents is 1.